The van der Waals surface area contributed by atoms with Gasteiger partial charge in [-0.05, 0) is 24.1 Å². The van der Waals surface area contributed by atoms with Crippen LogP contribution in [0.5, 0.6) is 0 Å². The summed E-state index contributed by atoms with van der Waals surface area (Å²) in [6, 6.07) is 6.14. The largest absolute Gasteiger partial charge is 0.456 e. The topological polar surface area (TPSA) is 125 Å². The van der Waals surface area contributed by atoms with Crippen molar-refractivity contribution in [1.82, 2.24) is 5.32 Å². The minimum absolute atomic E-state index is 0.118. The Kier molecular flexibility index (Phi) is 5.34. The smallest absolute Gasteiger partial charge is 0.318 e. The number of nitrogen functional groups attached to an aromatic ring is 1. The fraction of sp³-hybridized carbons (Fsp3) is 0.250. The van der Waals surface area contributed by atoms with E-state index in [0.29, 0.717) is 12.1 Å². The van der Waals surface area contributed by atoms with E-state index in [1.807, 2.05) is 6.07 Å². The molecular formula is C12H15N3O4. The molecule has 5 N–H and O–H groups in total. The van der Waals surface area contributed by atoms with Crippen LogP contribution in [0.3, 0.4) is 0 Å². The summed E-state index contributed by atoms with van der Waals surface area (Å²) >= 11 is 0. The molecule has 7 heteroatoms. The molecule has 0 radical (unpaired) electrons. The summed E-state index contributed by atoms with van der Waals surface area (Å²) in [6.07, 6.45) is 0.578. The zero-order chi connectivity index (χ0) is 14.3. The van der Waals surface area contributed by atoms with Gasteiger partial charge < -0.3 is 16.2 Å². The first kappa shape index (κ1) is 14.5. The third kappa shape index (κ3) is 6.06. The number of hydrogen-bond acceptors (Lipinski definition) is 5. The molecule has 0 unspecified atom stereocenters. The molecule has 1 rings (SSSR count). The van der Waals surface area contributed by atoms with Crippen LogP contribution >= 0.6 is 0 Å². The number of rotatable bonds is 5. The standard InChI is InChI=1S/C12H15N3O4/c13-9-3-1-2-8(6-9)4-5-11(17)19-7-10(16)15-12(14)18/h1-3,6H,4-5,7,13H2,(H3,14,15,16,18). The molecule has 0 fully saturated rings. The summed E-state index contributed by atoms with van der Waals surface area (Å²) in [7, 11) is 0. The highest BCUT2D eigenvalue weighted by Crippen LogP contribution is 2.08. The Hall–Kier alpha value is -2.57. The Bertz CT molecular complexity index is 488. The molecule has 0 aliphatic heterocycles. The summed E-state index contributed by atoms with van der Waals surface area (Å²) in [4.78, 5) is 32.6. The van der Waals surface area contributed by atoms with Crippen LogP contribution in [-0.4, -0.2) is 24.5 Å². The highest BCUT2D eigenvalue weighted by Gasteiger charge is 2.09. The van der Waals surface area contributed by atoms with E-state index in [2.05, 4.69) is 4.74 Å². The average Bonchev–Trinajstić information content (AvgIpc) is 2.33. The third-order valence-corrected chi connectivity index (χ3v) is 2.20. The Balaban J connectivity index is 2.28. The second kappa shape index (κ2) is 7.00. The van der Waals surface area contributed by atoms with Gasteiger partial charge in [-0.1, -0.05) is 12.1 Å². The van der Waals surface area contributed by atoms with E-state index in [0.717, 1.165) is 5.56 Å². The number of ether oxygens (including phenoxy) is 1. The van der Waals surface area contributed by atoms with Crippen molar-refractivity contribution in [2.75, 3.05) is 12.3 Å². The van der Waals surface area contributed by atoms with Gasteiger partial charge in [0, 0.05) is 12.1 Å². The van der Waals surface area contributed by atoms with E-state index in [-0.39, 0.29) is 6.42 Å². The summed E-state index contributed by atoms with van der Waals surface area (Å²) in [6.45, 7) is -0.529. The number of anilines is 1. The quantitative estimate of drug-likeness (QED) is 0.508. The fourth-order valence-electron chi connectivity index (χ4n) is 1.39. The number of benzene rings is 1. The molecule has 0 bridgehead atoms. The summed E-state index contributed by atoms with van der Waals surface area (Å²) in [5.74, 6) is -1.30. The van der Waals surface area contributed by atoms with Gasteiger partial charge >= 0.3 is 12.0 Å². The van der Waals surface area contributed by atoms with E-state index in [1.54, 1.807) is 23.5 Å². The van der Waals surface area contributed by atoms with Gasteiger partial charge in [0.1, 0.15) is 0 Å². The monoisotopic (exact) mass is 265 g/mol. The van der Waals surface area contributed by atoms with Gasteiger partial charge in [-0.3, -0.25) is 14.9 Å². The Morgan fingerprint density at radius 3 is 2.63 bits per heavy atom. The first-order valence-corrected chi connectivity index (χ1v) is 5.56. The first-order valence-electron chi connectivity index (χ1n) is 5.56. The minimum atomic E-state index is -0.985. The highest BCUT2D eigenvalue weighted by molar-refractivity contribution is 5.94. The normalized spacial score (nSPS) is 9.68. The number of esters is 1. The van der Waals surface area contributed by atoms with E-state index in [1.165, 1.54) is 0 Å². The number of nitrogens with one attached hydrogen (secondary N) is 1. The van der Waals surface area contributed by atoms with E-state index < -0.39 is 24.5 Å². The van der Waals surface area contributed by atoms with Crippen molar-refractivity contribution in [3.63, 3.8) is 0 Å². The molecule has 0 spiro atoms. The highest BCUT2D eigenvalue weighted by atomic mass is 16.5. The summed E-state index contributed by atoms with van der Waals surface area (Å²) in [5, 5.41) is 1.79. The van der Waals surface area contributed by atoms with E-state index in [4.69, 9.17) is 11.5 Å². The van der Waals surface area contributed by atoms with Gasteiger partial charge in [-0.25, -0.2) is 4.79 Å². The second-order valence-corrected chi connectivity index (χ2v) is 3.82. The second-order valence-electron chi connectivity index (χ2n) is 3.82. The van der Waals surface area contributed by atoms with Crippen molar-refractivity contribution in [3.05, 3.63) is 29.8 Å². The van der Waals surface area contributed by atoms with Crippen molar-refractivity contribution in [2.24, 2.45) is 5.73 Å². The Morgan fingerprint density at radius 2 is 2.00 bits per heavy atom. The molecule has 0 saturated carbocycles. The molecule has 102 valence electrons. The Labute approximate surface area is 109 Å². The van der Waals surface area contributed by atoms with Crippen molar-refractivity contribution in [1.29, 1.82) is 0 Å². The number of amides is 3. The summed E-state index contributed by atoms with van der Waals surface area (Å²) < 4.78 is 4.67. The van der Waals surface area contributed by atoms with Gasteiger partial charge in [-0.2, -0.15) is 0 Å². The van der Waals surface area contributed by atoms with Gasteiger partial charge in [0.2, 0.25) is 0 Å². The van der Waals surface area contributed by atoms with Crippen molar-refractivity contribution >= 4 is 23.6 Å². The maximum atomic E-state index is 11.3. The third-order valence-electron chi connectivity index (χ3n) is 2.20. The van der Waals surface area contributed by atoms with E-state index in [9.17, 15) is 14.4 Å². The van der Waals surface area contributed by atoms with Gasteiger partial charge in [-0.15, -0.1) is 0 Å². The molecule has 0 heterocycles. The van der Waals surface area contributed by atoms with Crippen LogP contribution in [0.4, 0.5) is 10.5 Å². The zero-order valence-electron chi connectivity index (χ0n) is 10.2. The van der Waals surface area contributed by atoms with Gasteiger partial charge in [0.05, 0.1) is 0 Å². The molecule has 0 aliphatic rings. The lowest BCUT2D eigenvalue weighted by atomic mass is 10.1. The van der Waals surface area contributed by atoms with Crippen LogP contribution in [-0.2, 0) is 20.7 Å². The SMILES string of the molecule is NC(=O)NC(=O)COC(=O)CCc1cccc(N)c1. The van der Waals surface area contributed by atoms with Crippen molar-refractivity contribution in [3.8, 4) is 0 Å². The van der Waals surface area contributed by atoms with Crippen LogP contribution in [0.1, 0.15) is 12.0 Å². The van der Waals surface area contributed by atoms with Crippen molar-refractivity contribution < 1.29 is 19.1 Å². The molecule has 0 atom stereocenters. The van der Waals surface area contributed by atoms with Crippen LogP contribution < -0.4 is 16.8 Å². The lowest BCUT2D eigenvalue weighted by Gasteiger charge is -2.05. The maximum Gasteiger partial charge on any atom is 0.318 e. The number of aryl methyl sites for hydroxylation is 1. The number of hydrogen-bond donors (Lipinski definition) is 3. The predicted molar refractivity (Wildman–Crippen MR) is 67.9 cm³/mol. The molecule has 7 nitrogen and oxygen atoms in total. The van der Waals surface area contributed by atoms with Crippen LogP contribution in [0.2, 0.25) is 0 Å². The first-order chi connectivity index (χ1) is 8.97. The number of carbonyl (C=O) groups excluding carboxylic acids is 3. The molecule has 3 amide bonds. The lowest BCUT2D eigenvalue weighted by Crippen LogP contribution is -2.37. The zero-order valence-corrected chi connectivity index (χ0v) is 10.2. The number of carbonyl (C=O) groups is 3. The Morgan fingerprint density at radius 1 is 1.26 bits per heavy atom. The number of nitrogens with two attached hydrogens (primary N) is 2. The molecule has 19 heavy (non-hydrogen) atoms. The summed E-state index contributed by atoms with van der Waals surface area (Å²) in [5.41, 5.74) is 11.8. The van der Waals surface area contributed by atoms with E-state index >= 15 is 0 Å². The van der Waals surface area contributed by atoms with Crippen molar-refractivity contribution in [2.45, 2.75) is 12.8 Å². The average molecular weight is 265 g/mol. The molecular weight excluding hydrogens is 250 g/mol. The predicted octanol–water partition coefficient (Wildman–Crippen LogP) is -0.0605. The molecule has 0 saturated heterocycles. The minimum Gasteiger partial charge on any atom is -0.456 e. The number of urea groups is 1. The van der Waals surface area contributed by atoms with Crippen LogP contribution in [0.15, 0.2) is 24.3 Å². The molecule has 0 aliphatic carbocycles. The fourth-order valence-corrected chi connectivity index (χ4v) is 1.39. The van der Waals surface area contributed by atoms with Gasteiger partial charge in [0.25, 0.3) is 5.91 Å². The lowest BCUT2D eigenvalue weighted by molar-refractivity contribution is -0.148. The molecule has 1 aromatic carbocycles. The van der Waals surface area contributed by atoms with Crippen LogP contribution in [0, 0.1) is 0 Å². The number of imide groups is 1. The van der Waals surface area contributed by atoms with Crippen LogP contribution in [0.25, 0.3) is 0 Å². The number of primary amides is 1. The maximum absolute atomic E-state index is 11.3. The van der Waals surface area contributed by atoms with Gasteiger partial charge in [0.15, 0.2) is 6.61 Å². The molecule has 0 aromatic heterocycles. The molecule has 1 aromatic rings.